The summed E-state index contributed by atoms with van der Waals surface area (Å²) in [6.07, 6.45) is 1.88. The van der Waals surface area contributed by atoms with Gasteiger partial charge in [0.15, 0.2) is 0 Å². The lowest BCUT2D eigenvalue weighted by Gasteiger charge is -2.09. The lowest BCUT2D eigenvalue weighted by molar-refractivity contribution is 0.482. The molecular weight excluding hydrogens is 442 g/mol. The molecule has 0 spiro atoms. The highest BCUT2D eigenvalue weighted by Crippen LogP contribution is 2.28. The number of sulfone groups is 1. The van der Waals surface area contributed by atoms with E-state index in [1.54, 1.807) is 54.6 Å². The Balaban J connectivity index is 1.28. The van der Waals surface area contributed by atoms with Crippen molar-refractivity contribution in [3.8, 4) is 33.9 Å². The van der Waals surface area contributed by atoms with Crippen LogP contribution in [0.1, 0.15) is 0 Å². The molecule has 0 aliphatic heterocycles. The van der Waals surface area contributed by atoms with Crippen LogP contribution in [0.2, 0.25) is 0 Å². The molecule has 0 N–H and O–H groups in total. The normalized spacial score (nSPS) is 11.2. The van der Waals surface area contributed by atoms with Crippen LogP contribution in [0.15, 0.2) is 137 Å². The molecule has 0 atom stereocenters. The fourth-order valence-electron chi connectivity index (χ4n) is 3.62. The van der Waals surface area contributed by atoms with E-state index < -0.39 is 9.84 Å². The van der Waals surface area contributed by atoms with E-state index in [0.29, 0.717) is 11.5 Å². The van der Waals surface area contributed by atoms with E-state index in [2.05, 4.69) is 23.2 Å². The first-order valence-electron chi connectivity index (χ1n) is 10.8. The Labute approximate surface area is 199 Å². The van der Waals surface area contributed by atoms with Crippen molar-refractivity contribution in [2.75, 3.05) is 0 Å². The second-order valence-corrected chi connectivity index (χ2v) is 9.66. The zero-order chi connectivity index (χ0) is 23.4. The molecule has 0 radical (unpaired) electrons. The summed E-state index contributed by atoms with van der Waals surface area (Å²) in [6, 6.07) is 36.7. The molecular formula is C29H21NO3S. The smallest absolute Gasteiger partial charge is 0.206 e. The number of ether oxygens (including phenoxy) is 1. The van der Waals surface area contributed by atoms with Crippen LogP contribution in [0.4, 0.5) is 0 Å². The van der Waals surface area contributed by atoms with Crippen molar-refractivity contribution in [1.82, 2.24) is 4.98 Å². The SMILES string of the molecule is O=S(=O)(c1ccccc1)c1ccc(Oc2ccc(-c3ccc(-c4ccccc4)cn3)cc2)cc1. The standard InChI is InChI=1S/C29H21NO3S/c31-34(32,27-9-5-2-6-10-27)28-18-16-26(17-19-28)33-25-14-11-23(12-15-25)29-20-13-24(21-30-29)22-7-3-1-4-8-22/h1-21H. The summed E-state index contributed by atoms with van der Waals surface area (Å²) in [5.74, 6) is 1.22. The van der Waals surface area contributed by atoms with Gasteiger partial charge in [0, 0.05) is 17.3 Å². The zero-order valence-electron chi connectivity index (χ0n) is 18.2. The second kappa shape index (κ2) is 9.33. The fraction of sp³-hybridized carbons (Fsp3) is 0. The van der Waals surface area contributed by atoms with Crippen LogP contribution in [0.3, 0.4) is 0 Å². The molecule has 5 rings (SSSR count). The van der Waals surface area contributed by atoms with Gasteiger partial charge in [-0.25, -0.2) is 8.42 Å². The Kier molecular flexibility index (Phi) is 5.93. The molecule has 0 bridgehead atoms. The van der Waals surface area contributed by atoms with Gasteiger partial charge in [-0.05, 0) is 72.3 Å². The van der Waals surface area contributed by atoms with Crippen molar-refractivity contribution in [2.24, 2.45) is 0 Å². The fourth-order valence-corrected chi connectivity index (χ4v) is 4.90. The third-order valence-corrected chi connectivity index (χ3v) is 7.23. The maximum absolute atomic E-state index is 12.7. The molecule has 0 amide bonds. The molecule has 34 heavy (non-hydrogen) atoms. The van der Waals surface area contributed by atoms with E-state index in [0.717, 1.165) is 22.4 Å². The molecule has 1 heterocycles. The van der Waals surface area contributed by atoms with Gasteiger partial charge in [-0.1, -0.05) is 54.6 Å². The predicted octanol–water partition coefficient (Wildman–Crippen LogP) is 7.04. The van der Waals surface area contributed by atoms with E-state index in [1.165, 1.54) is 0 Å². The van der Waals surface area contributed by atoms with Crippen molar-refractivity contribution >= 4 is 9.84 Å². The van der Waals surface area contributed by atoms with Crippen molar-refractivity contribution in [3.05, 3.63) is 128 Å². The molecule has 0 aliphatic rings. The minimum absolute atomic E-state index is 0.228. The summed E-state index contributed by atoms with van der Waals surface area (Å²) >= 11 is 0. The number of hydrogen-bond acceptors (Lipinski definition) is 4. The summed E-state index contributed by atoms with van der Waals surface area (Å²) in [4.78, 5) is 5.10. The maximum atomic E-state index is 12.7. The van der Waals surface area contributed by atoms with E-state index in [9.17, 15) is 8.42 Å². The van der Waals surface area contributed by atoms with E-state index in [-0.39, 0.29) is 9.79 Å². The average Bonchev–Trinajstić information content (AvgIpc) is 2.91. The highest BCUT2D eigenvalue weighted by molar-refractivity contribution is 7.91. The predicted molar refractivity (Wildman–Crippen MR) is 134 cm³/mol. The monoisotopic (exact) mass is 463 g/mol. The lowest BCUT2D eigenvalue weighted by atomic mass is 10.1. The van der Waals surface area contributed by atoms with Crippen LogP contribution >= 0.6 is 0 Å². The maximum Gasteiger partial charge on any atom is 0.206 e. The van der Waals surface area contributed by atoms with Crippen LogP contribution in [0.25, 0.3) is 22.4 Å². The second-order valence-electron chi connectivity index (χ2n) is 7.71. The van der Waals surface area contributed by atoms with Gasteiger partial charge in [-0.15, -0.1) is 0 Å². The Morgan fingerprint density at radius 1 is 0.500 bits per heavy atom. The summed E-state index contributed by atoms with van der Waals surface area (Å²) in [5.41, 5.74) is 4.06. The van der Waals surface area contributed by atoms with E-state index >= 15 is 0 Å². The molecule has 5 aromatic rings. The van der Waals surface area contributed by atoms with Gasteiger partial charge < -0.3 is 4.74 Å². The zero-order valence-corrected chi connectivity index (χ0v) is 19.0. The number of rotatable bonds is 6. The molecule has 5 heteroatoms. The number of nitrogens with zero attached hydrogens (tertiary/aromatic N) is 1. The minimum Gasteiger partial charge on any atom is -0.457 e. The average molecular weight is 464 g/mol. The molecule has 0 fully saturated rings. The van der Waals surface area contributed by atoms with Gasteiger partial charge in [-0.2, -0.15) is 0 Å². The largest absolute Gasteiger partial charge is 0.457 e. The minimum atomic E-state index is -3.55. The number of pyridine rings is 1. The Morgan fingerprint density at radius 2 is 1.03 bits per heavy atom. The molecule has 1 aromatic heterocycles. The Morgan fingerprint density at radius 3 is 1.62 bits per heavy atom. The Bertz CT molecular complexity index is 1480. The van der Waals surface area contributed by atoms with Crippen LogP contribution < -0.4 is 4.74 Å². The molecule has 4 aromatic carbocycles. The van der Waals surface area contributed by atoms with Gasteiger partial charge in [0.25, 0.3) is 0 Å². The van der Waals surface area contributed by atoms with Crippen LogP contribution in [-0.4, -0.2) is 13.4 Å². The molecule has 0 unspecified atom stereocenters. The third-order valence-electron chi connectivity index (χ3n) is 5.44. The van der Waals surface area contributed by atoms with Gasteiger partial charge in [0.05, 0.1) is 15.5 Å². The van der Waals surface area contributed by atoms with Crippen LogP contribution in [0, 0.1) is 0 Å². The number of hydrogen-bond donors (Lipinski definition) is 0. The molecule has 0 aliphatic carbocycles. The molecule has 0 saturated carbocycles. The summed E-state index contributed by atoms with van der Waals surface area (Å²) < 4.78 is 31.4. The highest BCUT2D eigenvalue weighted by Gasteiger charge is 2.17. The first-order valence-corrected chi connectivity index (χ1v) is 12.3. The van der Waals surface area contributed by atoms with Crippen molar-refractivity contribution in [1.29, 1.82) is 0 Å². The summed E-state index contributed by atoms with van der Waals surface area (Å²) in [7, 11) is -3.55. The molecule has 0 saturated heterocycles. The van der Waals surface area contributed by atoms with E-state index in [1.807, 2.05) is 54.7 Å². The van der Waals surface area contributed by atoms with Crippen LogP contribution in [-0.2, 0) is 9.84 Å². The van der Waals surface area contributed by atoms with Gasteiger partial charge in [-0.3, -0.25) is 4.98 Å². The van der Waals surface area contributed by atoms with Gasteiger partial charge >= 0.3 is 0 Å². The van der Waals surface area contributed by atoms with E-state index in [4.69, 9.17) is 4.74 Å². The number of benzene rings is 4. The highest BCUT2D eigenvalue weighted by atomic mass is 32.2. The number of aromatic nitrogens is 1. The van der Waals surface area contributed by atoms with Crippen molar-refractivity contribution in [2.45, 2.75) is 9.79 Å². The first-order chi connectivity index (χ1) is 16.6. The topological polar surface area (TPSA) is 56.3 Å². The Hall–Kier alpha value is -4.22. The quantitative estimate of drug-likeness (QED) is 0.271. The van der Waals surface area contributed by atoms with Crippen LogP contribution in [0.5, 0.6) is 11.5 Å². The van der Waals surface area contributed by atoms with Crippen molar-refractivity contribution in [3.63, 3.8) is 0 Å². The summed E-state index contributed by atoms with van der Waals surface area (Å²) in [6.45, 7) is 0. The summed E-state index contributed by atoms with van der Waals surface area (Å²) in [5, 5.41) is 0. The van der Waals surface area contributed by atoms with Gasteiger partial charge in [0.2, 0.25) is 9.84 Å². The van der Waals surface area contributed by atoms with Crippen molar-refractivity contribution < 1.29 is 13.2 Å². The lowest BCUT2D eigenvalue weighted by Crippen LogP contribution is -2.01. The molecule has 166 valence electrons. The molecule has 4 nitrogen and oxygen atoms in total. The first kappa shape index (κ1) is 21.6. The van der Waals surface area contributed by atoms with Gasteiger partial charge in [0.1, 0.15) is 11.5 Å². The third kappa shape index (κ3) is 4.60.